The average Bonchev–Trinajstić information content (AvgIpc) is 3.44. The van der Waals surface area contributed by atoms with Crippen LogP contribution in [0.3, 0.4) is 0 Å². The molecule has 5 aromatic rings. The molecule has 1 heterocycles. The van der Waals surface area contributed by atoms with Crippen LogP contribution in [0.4, 0.5) is 27.5 Å². The molecule has 0 radical (unpaired) electrons. The molecule has 0 saturated carbocycles. The van der Waals surface area contributed by atoms with E-state index in [1.165, 1.54) is 6.07 Å². The molecular weight excluding hydrogens is 526 g/mol. The maximum atomic E-state index is 12.7. The number of amides is 2. The van der Waals surface area contributed by atoms with Gasteiger partial charge >= 0.3 is 6.03 Å². The van der Waals surface area contributed by atoms with Crippen LogP contribution < -0.4 is 20.4 Å². The third-order valence-corrected chi connectivity index (χ3v) is 6.82. The lowest BCUT2D eigenvalue weighted by Crippen LogP contribution is -2.19. The lowest BCUT2D eigenvalue weighted by atomic mass is 10.0. The van der Waals surface area contributed by atoms with Crippen LogP contribution >= 0.6 is 0 Å². The number of nitrogens with one attached hydrogen (secondary N) is 3. The number of anilines is 4. The summed E-state index contributed by atoms with van der Waals surface area (Å²) in [6, 6.07) is 29.4. The minimum absolute atomic E-state index is 0.0840. The lowest BCUT2D eigenvalue weighted by molar-refractivity contribution is 0.262. The largest absolute Gasteiger partial charge is 0.506 e. The van der Waals surface area contributed by atoms with Crippen molar-refractivity contribution in [2.24, 2.45) is 0 Å². The number of aromatic amines is 1. The summed E-state index contributed by atoms with van der Waals surface area (Å²) >= 11 is 0. The molecule has 0 spiro atoms. The third-order valence-electron chi connectivity index (χ3n) is 6.82. The third kappa shape index (κ3) is 6.03. The zero-order chi connectivity index (χ0) is 29.8. The number of aromatic hydroxyl groups is 1. The highest BCUT2D eigenvalue weighted by Crippen LogP contribution is 2.36. The average molecular weight is 558 g/mol. The molecule has 4 aromatic carbocycles. The molecule has 0 bridgehead atoms. The van der Waals surface area contributed by atoms with Gasteiger partial charge in [0.2, 0.25) is 0 Å². The number of rotatable bonds is 7. The maximum absolute atomic E-state index is 12.7. The maximum Gasteiger partial charge on any atom is 0.323 e. The first-order valence-electron chi connectivity index (χ1n) is 13.3. The molecule has 2 amide bonds. The molecule has 210 valence electrons. The van der Waals surface area contributed by atoms with Gasteiger partial charge in [0.15, 0.2) is 0 Å². The van der Waals surface area contributed by atoms with Gasteiger partial charge in [-0.25, -0.2) is 9.78 Å². The minimum Gasteiger partial charge on any atom is -0.506 e. The second-order valence-electron chi connectivity index (χ2n) is 10.2. The van der Waals surface area contributed by atoms with E-state index in [4.69, 9.17) is 10.2 Å². The van der Waals surface area contributed by atoms with E-state index in [0.29, 0.717) is 22.6 Å². The predicted molar refractivity (Wildman–Crippen MR) is 169 cm³/mol. The van der Waals surface area contributed by atoms with Crippen LogP contribution in [0.25, 0.3) is 33.9 Å². The first kappa shape index (κ1) is 27.8. The van der Waals surface area contributed by atoms with Gasteiger partial charge in [0.1, 0.15) is 11.6 Å². The molecule has 0 unspecified atom stereocenters. The Hall–Kier alpha value is -5.75. The number of hydrogen-bond donors (Lipinski definition) is 4. The molecule has 0 aliphatic rings. The molecule has 0 fully saturated rings. The second-order valence-corrected chi connectivity index (χ2v) is 10.2. The number of hydrogen-bond acceptors (Lipinski definition) is 6. The Kier molecular flexibility index (Phi) is 7.80. The van der Waals surface area contributed by atoms with Gasteiger partial charge in [0.05, 0.1) is 28.7 Å². The monoisotopic (exact) mass is 557 g/mol. The van der Waals surface area contributed by atoms with Crippen LogP contribution in [0.2, 0.25) is 0 Å². The predicted octanol–water partition coefficient (Wildman–Crippen LogP) is 6.76. The first-order chi connectivity index (χ1) is 20.2. The van der Waals surface area contributed by atoms with Crippen LogP contribution in [-0.2, 0) is 0 Å². The molecule has 1 aromatic heterocycles. The Morgan fingerprint density at radius 3 is 1.93 bits per heavy atom. The van der Waals surface area contributed by atoms with E-state index in [-0.39, 0.29) is 11.4 Å². The zero-order valence-corrected chi connectivity index (χ0v) is 23.8. The molecule has 0 aliphatic carbocycles. The number of phenols is 1. The van der Waals surface area contributed by atoms with E-state index in [2.05, 4.69) is 52.0 Å². The summed E-state index contributed by atoms with van der Waals surface area (Å²) in [7, 11) is 8.01. The van der Waals surface area contributed by atoms with Crippen LogP contribution in [0.15, 0.2) is 91.0 Å². The van der Waals surface area contributed by atoms with Crippen molar-refractivity contribution in [3.63, 3.8) is 0 Å². The minimum atomic E-state index is -0.532. The Labute approximate surface area is 244 Å². The van der Waals surface area contributed by atoms with Crippen molar-refractivity contribution in [1.82, 2.24) is 9.97 Å². The zero-order valence-electron chi connectivity index (χ0n) is 23.8. The molecule has 0 saturated heterocycles. The van der Waals surface area contributed by atoms with Gasteiger partial charge in [0.25, 0.3) is 0 Å². The number of nitriles is 1. The highest BCUT2D eigenvalue weighted by atomic mass is 16.3. The topological polar surface area (TPSA) is 120 Å². The number of urea groups is 1. The van der Waals surface area contributed by atoms with Gasteiger partial charge in [-0.3, -0.25) is 0 Å². The van der Waals surface area contributed by atoms with E-state index in [1.807, 2.05) is 56.2 Å². The summed E-state index contributed by atoms with van der Waals surface area (Å²) in [5.41, 5.74) is 7.66. The summed E-state index contributed by atoms with van der Waals surface area (Å²) < 4.78 is 0. The van der Waals surface area contributed by atoms with Crippen molar-refractivity contribution in [3.05, 3.63) is 96.6 Å². The van der Waals surface area contributed by atoms with Crippen molar-refractivity contribution in [3.8, 4) is 45.7 Å². The Balaban J connectivity index is 1.48. The standard InChI is InChI=1S/C33H31N7O2/c1-39(2)26-14-7-22(8-15-26)30-31(23-9-16-27(17-10-23)40(3)4)38-32(37-30)24-11-18-29(41)28(19-24)36-33(42)35-25-12-5-21(20-34)6-13-25/h5-19,41H,1-4H3,(H,37,38)(H2,35,36,42). The molecule has 5 rings (SSSR count). The molecule has 4 N–H and O–H groups in total. The number of phenolic OH excluding ortho intramolecular Hbond substituents is 1. The summed E-state index contributed by atoms with van der Waals surface area (Å²) in [5.74, 6) is 0.503. The number of carbonyl (C=O) groups excluding carboxylic acids is 1. The molecular formula is C33H31N7O2. The fraction of sp³-hybridized carbons (Fsp3) is 0.121. The molecule has 0 atom stereocenters. The summed E-state index contributed by atoms with van der Waals surface area (Å²) in [6.07, 6.45) is 0. The highest BCUT2D eigenvalue weighted by molar-refractivity contribution is 6.01. The summed E-state index contributed by atoms with van der Waals surface area (Å²) in [6.45, 7) is 0. The second kappa shape index (κ2) is 11.8. The number of H-pyrrole nitrogens is 1. The highest BCUT2D eigenvalue weighted by Gasteiger charge is 2.17. The van der Waals surface area contributed by atoms with E-state index < -0.39 is 6.03 Å². The number of imidazole rings is 1. The fourth-order valence-electron chi connectivity index (χ4n) is 4.47. The lowest BCUT2D eigenvalue weighted by Gasteiger charge is -2.13. The van der Waals surface area contributed by atoms with Crippen LogP contribution in [0.5, 0.6) is 5.75 Å². The van der Waals surface area contributed by atoms with Crippen molar-refractivity contribution in [2.75, 3.05) is 48.6 Å². The smallest absolute Gasteiger partial charge is 0.323 e. The Bertz CT molecular complexity index is 1680. The quantitative estimate of drug-likeness (QED) is 0.164. The van der Waals surface area contributed by atoms with Gasteiger partial charge in [-0.2, -0.15) is 5.26 Å². The van der Waals surface area contributed by atoms with Gasteiger partial charge in [-0.05, 0) is 66.7 Å². The number of aromatic nitrogens is 2. The molecule has 9 heteroatoms. The van der Waals surface area contributed by atoms with Crippen molar-refractivity contribution >= 4 is 28.8 Å². The van der Waals surface area contributed by atoms with Crippen molar-refractivity contribution in [1.29, 1.82) is 5.26 Å². The number of carbonyl (C=O) groups is 1. The van der Waals surface area contributed by atoms with Gasteiger partial charge in [0, 0.05) is 61.9 Å². The van der Waals surface area contributed by atoms with Gasteiger partial charge in [-0.15, -0.1) is 0 Å². The number of benzene rings is 4. The van der Waals surface area contributed by atoms with Crippen molar-refractivity contribution < 1.29 is 9.90 Å². The molecule has 42 heavy (non-hydrogen) atoms. The Morgan fingerprint density at radius 2 is 1.36 bits per heavy atom. The molecule has 9 nitrogen and oxygen atoms in total. The summed E-state index contributed by atoms with van der Waals surface area (Å²) in [5, 5.41) is 24.9. The van der Waals surface area contributed by atoms with Gasteiger partial charge in [-0.1, -0.05) is 24.3 Å². The van der Waals surface area contributed by atoms with E-state index in [1.54, 1.807) is 36.4 Å². The van der Waals surface area contributed by atoms with E-state index in [0.717, 1.165) is 33.9 Å². The Morgan fingerprint density at radius 1 is 0.786 bits per heavy atom. The van der Waals surface area contributed by atoms with Crippen LogP contribution in [0.1, 0.15) is 5.56 Å². The SMILES string of the molecule is CN(C)c1ccc(-c2nc(-c3ccc(O)c(NC(=O)Nc4ccc(C#N)cc4)c3)[nH]c2-c2ccc(N(C)C)cc2)cc1. The van der Waals surface area contributed by atoms with E-state index >= 15 is 0 Å². The normalized spacial score (nSPS) is 10.5. The van der Waals surface area contributed by atoms with Crippen LogP contribution in [0, 0.1) is 11.3 Å². The van der Waals surface area contributed by atoms with Crippen molar-refractivity contribution in [2.45, 2.75) is 0 Å². The number of nitrogens with zero attached hydrogens (tertiary/aromatic N) is 4. The fourth-order valence-corrected chi connectivity index (χ4v) is 4.47. The first-order valence-corrected chi connectivity index (χ1v) is 13.3. The molecule has 0 aliphatic heterocycles. The van der Waals surface area contributed by atoms with E-state index in [9.17, 15) is 9.90 Å². The summed E-state index contributed by atoms with van der Waals surface area (Å²) in [4.78, 5) is 25.2. The van der Waals surface area contributed by atoms with Crippen LogP contribution in [-0.4, -0.2) is 49.3 Å². The van der Waals surface area contributed by atoms with Gasteiger partial charge < -0.3 is 30.5 Å².